The van der Waals surface area contributed by atoms with Gasteiger partial charge in [-0.05, 0) is 0 Å². The van der Waals surface area contributed by atoms with E-state index in [0.717, 1.165) is 0 Å². The summed E-state index contributed by atoms with van der Waals surface area (Å²) in [6, 6.07) is 0. The Morgan fingerprint density at radius 1 is 1.18 bits per heavy atom. The predicted molar refractivity (Wildman–Crippen MR) is 62.5 cm³/mol. The zero-order valence-corrected chi connectivity index (χ0v) is 10.5. The molecule has 0 aliphatic heterocycles. The molecule has 0 aliphatic carbocycles. The van der Waals surface area contributed by atoms with Crippen molar-refractivity contribution in [2.24, 2.45) is 5.73 Å². The third-order valence-corrected chi connectivity index (χ3v) is 3.16. The summed E-state index contributed by atoms with van der Waals surface area (Å²) in [5.74, 6) is -1.10. The summed E-state index contributed by atoms with van der Waals surface area (Å²) in [4.78, 5) is 21.8. The van der Waals surface area contributed by atoms with Crippen LogP contribution in [0, 0.1) is 0 Å². The van der Waals surface area contributed by atoms with Gasteiger partial charge in [-0.3, -0.25) is 9.59 Å². The van der Waals surface area contributed by atoms with Crippen LogP contribution in [0.25, 0.3) is 0 Å². The fraction of sp³-hybridized carbons (Fsp3) is 0.750. The number of sulfonamides is 1. The Morgan fingerprint density at radius 2 is 1.82 bits per heavy atom. The van der Waals surface area contributed by atoms with Crippen LogP contribution in [0.2, 0.25) is 0 Å². The zero-order valence-electron chi connectivity index (χ0n) is 9.65. The van der Waals surface area contributed by atoms with Crippen LogP contribution >= 0.6 is 0 Å². The third kappa shape index (κ3) is 8.60. The second-order valence-electron chi connectivity index (χ2n) is 3.15. The summed E-state index contributed by atoms with van der Waals surface area (Å²) >= 11 is 0. The molecule has 0 fully saturated rings. The van der Waals surface area contributed by atoms with Crippen LogP contribution in [-0.4, -0.2) is 52.2 Å². The van der Waals surface area contributed by atoms with Crippen molar-refractivity contribution in [3.05, 3.63) is 0 Å². The van der Waals surface area contributed by atoms with Crippen LogP contribution in [0.3, 0.4) is 0 Å². The standard InChI is InChI=1S/C8H18N4O4S/c1-2-12-17(15,16)4-3-10-8(14)6-11-7(13)5-9/h12H,2-6,9H2,1H3,(H,10,14)(H,11,13). The highest BCUT2D eigenvalue weighted by Crippen LogP contribution is 1.81. The lowest BCUT2D eigenvalue weighted by Crippen LogP contribution is -2.41. The van der Waals surface area contributed by atoms with E-state index in [-0.39, 0.29) is 25.4 Å². The fourth-order valence-electron chi connectivity index (χ4n) is 0.930. The van der Waals surface area contributed by atoms with Crippen molar-refractivity contribution in [1.82, 2.24) is 15.4 Å². The number of nitrogens with one attached hydrogen (secondary N) is 3. The second kappa shape index (κ2) is 7.98. The number of hydrogen-bond acceptors (Lipinski definition) is 5. The van der Waals surface area contributed by atoms with Crippen LogP contribution in [0.4, 0.5) is 0 Å². The minimum absolute atomic E-state index is 0.00728. The maximum absolute atomic E-state index is 11.2. The van der Waals surface area contributed by atoms with Crippen molar-refractivity contribution < 1.29 is 18.0 Å². The Bertz CT molecular complexity index is 355. The lowest BCUT2D eigenvalue weighted by Gasteiger charge is -2.07. The molecule has 2 amide bonds. The fourth-order valence-corrected chi connectivity index (χ4v) is 1.89. The van der Waals surface area contributed by atoms with Gasteiger partial charge in [-0.2, -0.15) is 0 Å². The molecule has 0 saturated heterocycles. The molecule has 0 bridgehead atoms. The number of amides is 2. The van der Waals surface area contributed by atoms with Crippen molar-refractivity contribution in [3.63, 3.8) is 0 Å². The molecule has 0 aromatic heterocycles. The van der Waals surface area contributed by atoms with E-state index in [4.69, 9.17) is 5.73 Å². The van der Waals surface area contributed by atoms with Gasteiger partial charge in [0.15, 0.2) is 0 Å². The minimum Gasteiger partial charge on any atom is -0.353 e. The first kappa shape index (κ1) is 15.8. The molecular weight excluding hydrogens is 248 g/mol. The first-order valence-corrected chi connectivity index (χ1v) is 6.77. The Kier molecular flexibility index (Phi) is 7.42. The van der Waals surface area contributed by atoms with Gasteiger partial charge >= 0.3 is 0 Å². The lowest BCUT2D eigenvalue weighted by molar-refractivity contribution is -0.125. The summed E-state index contributed by atoms with van der Waals surface area (Å²) in [5, 5.41) is 4.63. The number of carbonyl (C=O) groups is 2. The van der Waals surface area contributed by atoms with Gasteiger partial charge < -0.3 is 16.4 Å². The SMILES string of the molecule is CCNS(=O)(=O)CCNC(=O)CNC(=O)CN. The molecule has 9 heteroatoms. The molecule has 100 valence electrons. The topological polar surface area (TPSA) is 130 Å². The number of hydrogen-bond donors (Lipinski definition) is 4. The van der Waals surface area contributed by atoms with Crippen molar-refractivity contribution >= 4 is 21.8 Å². The number of carbonyl (C=O) groups excluding carboxylic acids is 2. The van der Waals surface area contributed by atoms with E-state index in [1.54, 1.807) is 6.92 Å². The normalized spacial score (nSPS) is 10.9. The van der Waals surface area contributed by atoms with E-state index in [2.05, 4.69) is 15.4 Å². The van der Waals surface area contributed by atoms with Crippen LogP contribution in [0.5, 0.6) is 0 Å². The van der Waals surface area contributed by atoms with Gasteiger partial charge in [0, 0.05) is 13.1 Å². The van der Waals surface area contributed by atoms with Crippen LogP contribution in [-0.2, 0) is 19.6 Å². The zero-order chi connectivity index (χ0) is 13.3. The smallest absolute Gasteiger partial charge is 0.239 e. The maximum Gasteiger partial charge on any atom is 0.239 e. The van der Waals surface area contributed by atoms with Crippen molar-refractivity contribution in [2.45, 2.75) is 6.92 Å². The van der Waals surface area contributed by atoms with Gasteiger partial charge in [0.2, 0.25) is 21.8 Å². The first-order valence-electron chi connectivity index (χ1n) is 5.12. The predicted octanol–water partition coefficient (Wildman–Crippen LogP) is -2.88. The van der Waals surface area contributed by atoms with Gasteiger partial charge in [0.25, 0.3) is 0 Å². The molecule has 0 unspecified atom stereocenters. The van der Waals surface area contributed by atoms with Gasteiger partial charge in [-0.15, -0.1) is 0 Å². The number of rotatable bonds is 8. The van der Waals surface area contributed by atoms with Gasteiger partial charge in [-0.25, -0.2) is 13.1 Å². The van der Waals surface area contributed by atoms with Crippen molar-refractivity contribution in [3.8, 4) is 0 Å². The molecule has 0 heterocycles. The van der Waals surface area contributed by atoms with Gasteiger partial charge in [-0.1, -0.05) is 6.92 Å². The van der Waals surface area contributed by atoms with Crippen LogP contribution in [0.1, 0.15) is 6.92 Å². The van der Waals surface area contributed by atoms with E-state index in [0.29, 0.717) is 6.54 Å². The molecule has 0 atom stereocenters. The lowest BCUT2D eigenvalue weighted by atomic mass is 10.5. The monoisotopic (exact) mass is 266 g/mol. The quantitative estimate of drug-likeness (QED) is 0.375. The van der Waals surface area contributed by atoms with Gasteiger partial charge in [0.05, 0.1) is 18.8 Å². The summed E-state index contributed by atoms with van der Waals surface area (Å²) in [7, 11) is -3.34. The molecule has 17 heavy (non-hydrogen) atoms. The molecular formula is C8H18N4O4S. The molecule has 8 nitrogen and oxygen atoms in total. The Morgan fingerprint density at radius 3 is 2.35 bits per heavy atom. The van der Waals surface area contributed by atoms with E-state index < -0.39 is 21.8 Å². The molecule has 0 radical (unpaired) electrons. The summed E-state index contributed by atoms with van der Waals surface area (Å²) in [5.41, 5.74) is 5.02. The largest absolute Gasteiger partial charge is 0.353 e. The Labute approximate surface area is 100 Å². The minimum atomic E-state index is -3.34. The first-order chi connectivity index (χ1) is 7.91. The highest BCUT2D eigenvalue weighted by molar-refractivity contribution is 7.89. The Hall–Kier alpha value is -1.19. The molecule has 0 rings (SSSR count). The molecule has 0 aromatic rings. The van der Waals surface area contributed by atoms with Crippen LogP contribution < -0.4 is 21.1 Å². The average Bonchev–Trinajstić information content (AvgIpc) is 2.25. The molecule has 0 aromatic carbocycles. The summed E-state index contributed by atoms with van der Waals surface area (Å²) < 4.78 is 24.6. The molecule has 0 spiro atoms. The van der Waals surface area contributed by atoms with E-state index >= 15 is 0 Å². The van der Waals surface area contributed by atoms with E-state index in [1.165, 1.54) is 0 Å². The highest BCUT2D eigenvalue weighted by Gasteiger charge is 2.09. The van der Waals surface area contributed by atoms with Crippen molar-refractivity contribution in [1.29, 1.82) is 0 Å². The average molecular weight is 266 g/mol. The van der Waals surface area contributed by atoms with Crippen LogP contribution in [0.15, 0.2) is 0 Å². The third-order valence-electron chi connectivity index (χ3n) is 1.69. The van der Waals surface area contributed by atoms with E-state index in [1.807, 2.05) is 0 Å². The Balaban J connectivity index is 3.75. The number of nitrogens with two attached hydrogens (primary N) is 1. The molecule has 5 N–H and O–H groups in total. The maximum atomic E-state index is 11.2. The van der Waals surface area contributed by atoms with E-state index in [9.17, 15) is 18.0 Å². The summed E-state index contributed by atoms with van der Waals surface area (Å²) in [6.07, 6.45) is 0. The summed E-state index contributed by atoms with van der Waals surface area (Å²) in [6.45, 7) is 1.56. The second-order valence-corrected chi connectivity index (χ2v) is 5.07. The van der Waals surface area contributed by atoms with Crippen molar-refractivity contribution in [2.75, 3.05) is 31.9 Å². The highest BCUT2D eigenvalue weighted by atomic mass is 32.2. The van der Waals surface area contributed by atoms with Gasteiger partial charge in [0.1, 0.15) is 0 Å². The molecule has 0 saturated carbocycles. The molecule has 0 aliphatic rings.